The summed E-state index contributed by atoms with van der Waals surface area (Å²) in [4.78, 5) is 28.8. The van der Waals surface area contributed by atoms with Crippen molar-refractivity contribution in [3.05, 3.63) is 107 Å². The van der Waals surface area contributed by atoms with Crippen LogP contribution in [0.3, 0.4) is 0 Å². The molecular formula is C29H34N2O2. The van der Waals surface area contributed by atoms with Crippen molar-refractivity contribution in [2.45, 2.75) is 46.2 Å². The average molecular weight is 443 g/mol. The van der Waals surface area contributed by atoms with E-state index in [2.05, 4.69) is 25.2 Å². The summed E-state index contributed by atoms with van der Waals surface area (Å²) in [6, 6.07) is 27.2. The topological polar surface area (TPSA) is 49.4 Å². The number of rotatable bonds is 10. The fourth-order valence-electron chi connectivity index (χ4n) is 3.86. The van der Waals surface area contributed by atoms with E-state index in [4.69, 9.17) is 0 Å². The first-order valence-electron chi connectivity index (χ1n) is 11.6. The summed E-state index contributed by atoms with van der Waals surface area (Å²) in [5.74, 6) is 0.168. The molecule has 0 saturated carbocycles. The molecule has 0 saturated heterocycles. The van der Waals surface area contributed by atoms with Crippen molar-refractivity contribution in [2.24, 2.45) is 5.92 Å². The summed E-state index contributed by atoms with van der Waals surface area (Å²) in [5, 5.41) is 3.07. The first-order valence-corrected chi connectivity index (χ1v) is 11.6. The van der Waals surface area contributed by atoms with Crippen LogP contribution in [0.5, 0.6) is 0 Å². The number of carbonyl (C=O) groups is 2. The SMILES string of the molecule is Cc1cccc(CN(C(=O)Cc2ccccc2)[C@@H](Cc2ccccc2)C(=O)NCC(C)C)c1. The molecule has 0 heterocycles. The normalized spacial score (nSPS) is 11.8. The van der Waals surface area contributed by atoms with E-state index in [1.807, 2.05) is 85.8 Å². The van der Waals surface area contributed by atoms with E-state index in [9.17, 15) is 9.59 Å². The van der Waals surface area contributed by atoms with Crippen molar-refractivity contribution in [1.29, 1.82) is 0 Å². The van der Waals surface area contributed by atoms with Crippen LogP contribution < -0.4 is 5.32 Å². The Kier molecular flexibility index (Phi) is 8.82. The monoisotopic (exact) mass is 442 g/mol. The van der Waals surface area contributed by atoms with E-state index in [1.54, 1.807) is 4.90 Å². The number of nitrogens with one attached hydrogen (secondary N) is 1. The van der Waals surface area contributed by atoms with Crippen LogP contribution in [0.15, 0.2) is 84.9 Å². The van der Waals surface area contributed by atoms with Crippen LogP contribution in [0.1, 0.15) is 36.1 Å². The molecule has 0 spiro atoms. The van der Waals surface area contributed by atoms with Crippen molar-refractivity contribution in [2.75, 3.05) is 6.54 Å². The Hall–Kier alpha value is -3.40. The molecule has 0 radical (unpaired) electrons. The number of nitrogens with zero attached hydrogens (tertiary/aromatic N) is 1. The highest BCUT2D eigenvalue weighted by atomic mass is 16.2. The Morgan fingerprint density at radius 2 is 1.42 bits per heavy atom. The smallest absolute Gasteiger partial charge is 0.243 e. The second kappa shape index (κ2) is 12.0. The molecule has 2 amide bonds. The first-order chi connectivity index (χ1) is 15.9. The van der Waals surface area contributed by atoms with Crippen molar-refractivity contribution in [3.8, 4) is 0 Å². The van der Waals surface area contributed by atoms with Crippen LogP contribution in [0, 0.1) is 12.8 Å². The Morgan fingerprint density at radius 3 is 2.03 bits per heavy atom. The molecule has 0 unspecified atom stereocenters. The Balaban J connectivity index is 1.94. The Morgan fingerprint density at radius 1 is 0.818 bits per heavy atom. The molecule has 3 aromatic carbocycles. The number of aryl methyl sites for hydroxylation is 1. The molecule has 0 fully saturated rings. The third kappa shape index (κ3) is 7.60. The van der Waals surface area contributed by atoms with Crippen LogP contribution in [-0.2, 0) is 29.0 Å². The zero-order valence-electron chi connectivity index (χ0n) is 19.8. The third-order valence-corrected chi connectivity index (χ3v) is 5.59. The number of hydrogen-bond donors (Lipinski definition) is 1. The second-order valence-electron chi connectivity index (χ2n) is 9.02. The summed E-state index contributed by atoms with van der Waals surface area (Å²) in [7, 11) is 0. The molecule has 4 heteroatoms. The van der Waals surface area contributed by atoms with E-state index >= 15 is 0 Å². The molecule has 3 aromatic rings. The Bertz CT molecular complexity index is 1030. The fraction of sp³-hybridized carbons (Fsp3) is 0.310. The zero-order valence-corrected chi connectivity index (χ0v) is 19.8. The molecule has 0 aliphatic heterocycles. The minimum atomic E-state index is -0.595. The van der Waals surface area contributed by atoms with Gasteiger partial charge >= 0.3 is 0 Å². The summed E-state index contributed by atoms with van der Waals surface area (Å²) >= 11 is 0. The van der Waals surface area contributed by atoms with E-state index in [0.717, 1.165) is 22.3 Å². The molecule has 0 aliphatic carbocycles. The molecule has 0 aliphatic rings. The molecule has 0 aromatic heterocycles. The third-order valence-electron chi connectivity index (χ3n) is 5.59. The van der Waals surface area contributed by atoms with E-state index in [0.29, 0.717) is 25.4 Å². The maximum atomic E-state index is 13.6. The van der Waals surface area contributed by atoms with Crippen LogP contribution in [-0.4, -0.2) is 29.3 Å². The van der Waals surface area contributed by atoms with Gasteiger partial charge in [0.2, 0.25) is 11.8 Å². The fourth-order valence-corrected chi connectivity index (χ4v) is 3.86. The number of amides is 2. The molecular weight excluding hydrogens is 408 g/mol. The molecule has 1 atom stereocenters. The average Bonchev–Trinajstić information content (AvgIpc) is 2.81. The quantitative estimate of drug-likeness (QED) is 0.483. The van der Waals surface area contributed by atoms with Gasteiger partial charge in [-0.2, -0.15) is 0 Å². The number of benzene rings is 3. The van der Waals surface area contributed by atoms with Gasteiger partial charge in [-0.15, -0.1) is 0 Å². The molecule has 1 N–H and O–H groups in total. The lowest BCUT2D eigenvalue weighted by molar-refractivity contribution is -0.140. The van der Waals surface area contributed by atoms with E-state index in [1.165, 1.54) is 0 Å². The van der Waals surface area contributed by atoms with Gasteiger partial charge < -0.3 is 10.2 Å². The van der Waals surface area contributed by atoms with Crippen LogP contribution in [0.25, 0.3) is 0 Å². The lowest BCUT2D eigenvalue weighted by Gasteiger charge is -2.32. The number of carbonyl (C=O) groups excluding carboxylic acids is 2. The molecule has 0 bridgehead atoms. The predicted octanol–water partition coefficient (Wildman–Crippen LogP) is 4.95. The van der Waals surface area contributed by atoms with Gasteiger partial charge in [0, 0.05) is 19.5 Å². The highest BCUT2D eigenvalue weighted by Crippen LogP contribution is 2.17. The van der Waals surface area contributed by atoms with Gasteiger partial charge in [-0.05, 0) is 29.5 Å². The van der Waals surface area contributed by atoms with Crippen LogP contribution in [0.4, 0.5) is 0 Å². The second-order valence-corrected chi connectivity index (χ2v) is 9.02. The van der Waals surface area contributed by atoms with Gasteiger partial charge in [-0.25, -0.2) is 0 Å². The standard InChI is InChI=1S/C29H34N2O2/c1-22(2)20-30-29(33)27(18-24-12-6-4-7-13-24)31(21-26-16-10-11-23(3)17-26)28(32)19-25-14-8-5-9-15-25/h4-17,22,27H,18-21H2,1-3H3,(H,30,33)/t27-/m0/s1. The van der Waals surface area contributed by atoms with Gasteiger partial charge in [0.1, 0.15) is 6.04 Å². The number of hydrogen-bond acceptors (Lipinski definition) is 2. The lowest BCUT2D eigenvalue weighted by atomic mass is 10.0. The van der Waals surface area contributed by atoms with Crippen molar-refractivity contribution >= 4 is 11.8 Å². The maximum absolute atomic E-state index is 13.6. The summed E-state index contributed by atoms with van der Waals surface area (Å²) in [5.41, 5.74) is 4.12. The zero-order chi connectivity index (χ0) is 23.6. The predicted molar refractivity (Wildman–Crippen MR) is 134 cm³/mol. The summed E-state index contributed by atoms with van der Waals surface area (Å²) in [6.45, 7) is 7.14. The molecule has 3 rings (SSSR count). The highest BCUT2D eigenvalue weighted by molar-refractivity contribution is 5.88. The van der Waals surface area contributed by atoms with Crippen LogP contribution in [0.2, 0.25) is 0 Å². The lowest BCUT2D eigenvalue weighted by Crippen LogP contribution is -2.51. The van der Waals surface area contributed by atoms with Crippen molar-refractivity contribution < 1.29 is 9.59 Å². The van der Waals surface area contributed by atoms with Crippen LogP contribution >= 0.6 is 0 Å². The van der Waals surface area contributed by atoms with Gasteiger partial charge in [-0.3, -0.25) is 9.59 Å². The van der Waals surface area contributed by atoms with Gasteiger partial charge in [0.15, 0.2) is 0 Å². The maximum Gasteiger partial charge on any atom is 0.243 e. The summed E-state index contributed by atoms with van der Waals surface area (Å²) < 4.78 is 0. The largest absolute Gasteiger partial charge is 0.354 e. The summed E-state index contributed by atoms with van der Waals surface area (Å²) in [6.07, 6.45) is 0.729. The molecule has 33 heavy (non-hydrogen) atoms. The van der Waals surface area contributed by atoms with Crippen molar-refractivity contribution in [1.82, 2.24) is 10.2 Å². The van der Waals surface area contributed by atoms with Crippen molar-refractivity contribution in [3.63, 3.8) is 0 Å². The van der Waals surface area contributed by atoms with E-state index in [-0.39, 0.29) is 18.2 Å². The molecule has 4 nitrogen and oxygen atoms in total. The highest BCUT2D eigenvalue weighted by Gasteiger charge is 2.30. The van der Waals surface area contributed by atoms with Gasteiger partial charge in [0.05, 0.1) is 6.42 Å². The Labute approximate surface area is 197 Å². The minimum Gasteiger partial charge on any atom is -0.354 e. The first kappa shape index (κ1) is 24.2. The van der Waals surface area contributed by atoms with E-state index < -0.39 is 6.04 Å². The minimum absolute atomic E-state index is 0.0525. The van der Waals surface area contributed by atoms with Gasteiger partial charge in [0.25, 0.3) is 0 Å². The molecule has 172 valence electrons. The van der Waals surface area contributed by atoms with Gasteiger partial charge in [-0.1, -0.05) is 104 Å².